The Balaban J connectivity index is 1.65. The fourth-order valence-electron chi connectivity index (χ4n) is 3.66. The fraction of sp³-hybridized carbons (Fsp3) is 0.280. The number of rotatable bonds is 8. The standard InChI is InChI=1S/C25H26FN3O2S/c1-16(2)21(30)13-29(12-17-8-4-3-5-9-17)14-22-27-24(31)23-19(15-32-25(23)28-22)18-10-6-7-11-20(18)26/h3-11,15-16,21,30H,12-14H2,1-2H3,(H,27,28,31). The highest BCUT2D eigenvalue weighted by molar-refractivity contribution is 7.17. The zero-order chi connectivity index (χ0) is 22.7. The maximum atomic E-state index is 14.3. The van der Waals surface area contributed by atoms with Crippen LogP contribution in [-0.4, -0.2) is 32.6 Å². The minimum absolute atomic E-state index is 0.114. The Bertz CT molecular complexity index is 1250. The lowest BCUT2D eigenvalue weighted by Gasteiger charge is -2.26. The molecular formula is C25H26FN3O2S. The van der Waals surface area contributed by atoms with Gasteiger partial charge in [0.25, 0.3) is 5.56 Å². The third kappa shape index (κ3) is 4.96. The molecule has 0 spiro atoms. The predicted molar refractivity (Wildman–Crippen MR) is 127 cm³/mol. The second-order valence-electron chi connectivity index (χ2n) is 8.29. The number of hydrogen-bond acceptors (Lipinski definition) is 5. The average Bonchev–Trinajstić information content (AvgIpc) is 3.19. The number of halogens is 1. The molecule has 2 aromatic heterocycles. The summed E-state index contributed by atoms with van der Waals surface area (Å²) in [5.41, 5.74) is 1.78. The van der Waals surface area contributed by atoms with Crippen LogP contribution < -0.4 is 5.56 Å². The Morgan fingerprint density at radius 3 is 2.50 bits per heavy atom. The summed E-state index contributed by atoms with van der Waals surface area (Å²) < 4.78 is 14.3. The van der Waals surface area contributed by atoms with Gasteiger partial charge in [-0.25, -0.2) is 9.37 Å². The highest BCUT2D eigenvalue weighted by atomic mass is 32.1. The van der Waals surface area contributed by atoms with Gasteiger partial charge in [-0.05, 0) is 17.5 Å². The summed E-state index contributed by atoms with van der Waals surface area (Å²) in [7, 11) is 0. The maximum absolute atomic E-state index is 14.3. The quantitative estimate of drug-likeness (QED) is 0.403. The van der Waals surface area contributed by atoms with E-state index >= 15 is 0 Å². The van der Waals surface area contributed by atoms with Crippen molar-refractivity contribution in [2.75, 3.05) is 6.54 Å². The van der Waals surface area contributed by atoms with Gasteiger partial charge < -0.3 is 10.1 Å². The summed E-state index contributed by atoms with van der Waals surface area (Å²) in [6.07, 6.45) is -0.497. The van der Waals surface area contributed by atoms with Gasteiger partial charge in [-0.15, -0.1) is 11.3 Å². The molecule has 1 atom stereocenters. The van der Waals surface area contributed by atoms with Crippen LogP contribution in [0.25, 0.3) is 21.3 Å². The molecule has 0 amide bonds. The molecule has 2 aromatic carbocycles. The van der Waals surface area contributed by atoms with Crippen molar-refractivity contribution in [2.45, 2.75) is 33.0 Å². The van der Waals surface area contributed by atoms with E-state index in [2.05, 4.69) is 14.9 Å². The summed E-state index contributed by atoms with van der Waals surface area (Å²) in [5.74, 6) is 0.270. The smallest absolute Gasteiger partial charge is 0.260 e. The lowest BCUT2D eigenvalue weighted by Crippen LogP contribution is -2.35. The van der Waals surface area contributed by atoms with Gasteiger partial charge in [-0.1, -0.05) is 62.4 Å². The highest BCUT2D eigenvalue weighted by Gasteiger charge is 2.19. The number of fused-ring (bicyclic) bond motifs is 1. The summed E-state index contributed by atoms with van der Waals surface area (Å²) in [5, 5.41) is 12.6. The number of nitrogens with one attached hydrogen (secondary N) is 1. The third-order valence-electron chi connectivity index (χ3n) is 5.49. The lowest BCUT2D eigenvalue weighted by atomic mass is 10.1. The number of thiophene rings is 1. The van der Waals surface area contributed by atoms with E-state index in [1.807, 2.05) is 44.2 Å². The lowest BCUT2D eigenvalue weighted by molar-refractivity contribution is 0.0689. The number of aromatic nitrogens is 2. The van der Waals surface area contributed by atoms with Crippen LogP contribution >= 0.6 is 11.3 Å². The number of aliphatic hydroxyl groups excluding tert-OH is 1. The first-order valence-electron chi connectivity index (χ1n) is 10.6. The normalized spacial score (nSPS) is 12.7. The third-order valence-corrected chi connectivity index (χ3v) is 6.37. The van der Waals surface area contributed by atoms with Crippen LogP contribution in [0.2, 0.25) is 0 Å². The Kier molecular flexibility index (Phi) is 6.79. The van der Waals surface area contributed by atoms with Gasteiger partial charge in [0.1, 0.15) is 16.5 Å². The molecule has 0 saturated heterocycles. The largest absolute Gasteiger partial charge is 0.392 e. The summed E-state index contributed by atoms with van der Waals surface area (Å²) in [4.78, 5) is 23.2. The van der Waals surface area contributed by atoms with Crippen LogP contribution in [-0.2, 0) is 13.1 Å². The molecule has 5 nitrogen and oxygen atoms in total. The Labute approximate surface area is 190 Å². The van der Waals surface area contributed by atoms with Gasteiger partial charge in [0.2, 0.25) is 0 Å². The molecular weight excluding hydrogens is 425 g/mol. The average molecular weight is 452 g/mol. The van der Waals surface area contributed by atoms with Crippen molar-refractivity contribution in [3.8, 4) is 11.1 Å². The van der Waals surface area contributed by atoms with Crippen molar-refractivity contribution in [3.63, 3.8) is 0 Å². The van der Waals surface area contributed by atoms with E-state index in [1.54, 1.807) is 23.6 Å². The minimum atomic E-state index is -0.497. The summed E-state index contributed by atoms with van der Waals surface area (Å²) in [6.45, 7) is 5.42. The van der Waals surface area contributed by atoms with E-state index in [-0.39, 0.29) is 17.3 Å². The fourth-order valence-corrected chi connectivity index (χ4v) is 4.62. The second kappa shape index (κ2) is 9.73. The van der Waals surface area contributed by atoms with Crippen LogP contribution in [0.15, 0.2) is 64.8 Å². The minimum Gasteiger partial charge on any atom is -0.392 e. The maximum Gasteiger partial charge on any atom is 0.260 e. The van der Waals surface area contributed by atoms with Gasteiger partial charge in [-0.3, -0.25) is 9.69 Å². The number of H-pyrrole nitrogens is 1. The van der Waals surface area contributed by atoms with Gasteiger partial charge in [-0.2, -0.15) is 0 Å². The summed E-state index contributed by atoms with van der Waals surface area (Å²) >= 11 is 1.33. The van der Waals surface area contributed by atoms with Crippen molar-refractivity contribution < 1.29 is 9.50 Å². The first kappa shape index (κ1) is 22.3. The van der Waals surface area contributed by atoms with Crippen molar-refractivity contribution in [1.82, 2.24) is 14.9 Å². The number of benzene rings is 2. The molecule has 0 fully saturated rings. The van der Waals surface area contributed by atoms with E-state index in [4.69, 9.17) is 0 Å². The molecule has 0 aliphatic rings. The first-order chi connectivity index (χ1) is 15.4. The number of aliphatic hydroxyl groups is 1. The molecule has 2 heterocycles. The van der Waals surface area contributed by atoms with E-state index < -0.39 is 6.10 Å². The molecule has 2 N–H and O–H groups in total. The molecule has 7 heteroatoms. The zero-order valence-electron chi connectivity index (χ0n) is 18.1. The summed E-state index contributed by atoms with van der Waals surface area (Å²) in [6, 6.07) is 16.4. The Hall–Kier alpha value is -2.87. The molecule has 1 unspecified atom stereocenters. The monoisotopic (exact) mass is 451 g/mol. The molecule has 166 valence electrons. The van der Waals surface area contributed by atoms with E-state index in [0.717, 1.165) is 5.56 Å². The van der Waals surface area contributed by atoms with Crippen LogP contribution in [0.5, 0.6) is 0 Å². The van der Waals surface area contributed by atoms with Crippen molar-refractivity contribution in [1.29, 1.82) is 0 Å². The predicted octanol–water partition coefficient (Wildman–Crippen LogP) is 4.81. The van der Waals surface area contributed by atoms with Crippen LogP contribution in [0.4, 0.5) is 4.39 Å². The molecule has 0 bridgehead atoms. The van der Waals surface area contributed by atoms with Crippen molar-refractivity contribution in [3.05, 3.63) is 87.5 Å². The molecule has 32 heavy (non-hydrogen) atoms. The first-order valence-corrected chi connectivity index (χ1v) is 11.5. The molecule has 0 aliphatic heterocycles. The molecule has 0 radical (unpaired) electrons. The van der Waals surface area contributed by atoms with Gasteiger partial charge in [0.05, 0.1) is 18.0 Å². The van der Waals surface area contributed by atoms with Crippen LogP contribution in [0.3, 0.4) is 0 Å². The number of nitrogens with zero attached hydrogens (tertiary/aromatic N) is 2. The molecule has 0 saturated carbocycles. The van der Waals surface area contributed by atoms with Crippen LogP contribution in [0.1, 0.15) is 25.2 Å². The van der Waals surface area contributed by atoms with Crippen molar-refractivity contribution >= 4 is 21.6 Å². The van der Waals surface area contributed by atoms with E-state index in [0.29, 0.717) is 46.8 Å². The highest BCUT2D eigenvalue weighted by Crippen LogP contribution is 2.32. The van der Waals surface area contributed by atoms with Crippen molar-refractivity contribution in [2.24, 2.45) is 5.92 Å². The van der Waals surface area contributed by atoms with E-state index in [1.165, 1.54) is 17.4 Å². The Morgan fingerprint density at radius 1 is 1.06 bits per heavy atom. The molecule has 0 aliphatic carbocycles. The Morgan fingerprint density at radius 2 is 1.78 bits per heavy atom. The molecule has 4 aromatic rings. The van der Waals surface area contributed by atoms with Gasteiger partial charge in [0, 0.05) is 29.6 Å². The van der Waals surface area contributed by atoms with Gasteiger partial charge in [0.15, 0.2) is 0 Å². The molecule has 4 rings (SSSR count). The van der Waals surface area contributed by atoms with Gasteiger partial charge >= 0.3 is 0 Å². The second-order valence-corrected chi connectivity index (χ2v) is 9.15. The number of hydrogen-bond donors (Lipinski definition) is 2. The van der Waals surface area contributed by atoms with Crippen LogP contribution in [0, 0.1) is 11.7 Å². The SMILES string of the molecule is CC(C)C(O)CN(Cc1ccccc1)Cc1nc2scc(-c3ccccc3F)c2c(=O)[nH]1. The number of aromatic amines is 1. The van der Waals surface area contributed by atoms with E-state index in [9.17, 15) is 14.3 Å². The topological polar surface area (TPSA) is 69.2 Å². The zero-order valence-corrected chi connectivity index (χ0v) is 18.9.